The van der Waals surface area contributed by atoms with E-state index in [2.05, 4.69) is 16.0 Å². The molecular weight excluding hydrogens is 246 g/mol. The van der Waals surface area contributed by atoms with Gasteiger partial charge in [0.05, 0.1) is 11.9 Å². The predicted molar refractivity (Wildman–Crippen MR) is 65.9 cm³/mol. The number of aliphatic imine (C=N–C) groups is 1. The van der Waals surface area contributed by atoms with Crippen LogP contribution >= 0.6 is 0 Å². The SMILES string of the molecule is C#Cc1cccc(N=C=O)c1COc1ccn(O)n1. The molecule has 2 rings (SSSR count). The van der Waals surface area contributed by atoms with E-state index in [1.54, 1.807) is 18.2 Å². The van der Waals surface area contributed by atoms with E-state index in [9.17, 15) is 4.79 Å². The fourth-order valence-electron chi connectivity index (χ4n) is 1.54. The van der Waals surface area contributed by atoms with Crippen LogP contribution in [0.2, 0.25) is 0 Å². The van der Waals surface area contributed by atoms with Gasteiger partial charge in [-0.25, -0.2) is 4.79 Å². The number of carbonyl (C=O) groups excluding carboxylic acids is 1. The van der Waals surface area contributed by atoms with E-state index in [0.29, 0.717) is 21.7 Å². The summed E-state index contributed by atoms with van der Waals surface area (Å²) in [5.41, 5.74) is 1.55. The van der Waals surface area contributed by atoms with Crippen LogP contribution in [0, 0.1) is 12.3 Å². The molecule has 1 aromatic carbocycles. The van der Waals surface area contributed by atoms with Crippen LogP contribution in [0.1, 0.15) is 11.1 Å². The van der Waals surface area contributed by atoms with Crippen LogP contribution in [-0.4, -0.2) is 21.2 Å². The maximum absolute atomic E-state index is 10.4. The highest BCUT2D eigenvalue weighted by Gasteiger charge is 2.08. The number of terminal acetylenes is 1. The summed E-state index contributed by atoms with van der Waals surface area (Å²) in [4.78, 5) is 14.6. The molecule has 0 fully saturated rings. The topological polar surface area (TPSA) is 76.7 Å². The molecule has 0 bridgehead atoms. The largest absolute Gasteiger partial charge is 0.472 e. The van der Waals surface area contributed by atoms with E-state index in [1.807, 2.05) is 0 Å². The van der Waals surface area contributed by atoms with Crippen molar-refractivity contribution in [3.63, 3.8) is 0 Å². The van der Waals surface area contributed by atoms with Gasteiger partial charge in [0.15, 0.2) is 0 Å². The summed E-state index contributed by atoms with van der Waals surface area (Å²) < 4.78 is 5.37. The molecule has 0 saturated carbocycles. The summed E-state index contributed by atoms with van der Waals surface area (Å²) >= 11 is 0. The third-order valence-electron chi connectivity index (χ3n) is 2.39. The molecule has 0 unspecified atom stereocenters. The Morgan fingerprint density at radius 2 is 2.32 bits per heavy atom. The fourth-order valence-corrected chi connectivity index (χ4v) is 1.54. The minimum Gasteiger partial charge on any atom is -0.472 e. The Kier molecular flexibility index (Phi) is 3.62. The highest BCUT2D eigenvalue weighted by molar-refractivity contribution is 5.59. The molecule has 1 heterocycles. The molecule has 0 amide bonds. The lowest BCUT2D eigenvalue weighted by molar-refractivity contribution is 0.141. The smallest absolute Gasteiger partial charge is 0.240 e. The number of hydrogen-bond acceptors (Lipinski definition) is 5. The van der Waals surface area contributed by atoms with Crippen molar-refractivity contribution < 1.29 is 14.7 Å². The third-order valence-corrected chi connectivity index (χ3v) is 2.39. The zero-order valence-electron chi connectivity index (χ0n) is 9.78. The van der Waals surface area contributed by atoms with Gasteiger partial charge in [0.2, 0.25) is 12.0 Å². The number of ether oxygens (including phenoxy) is 1. The average Bonchev–Trinajstić information content (AvgIpc) is 2.83. The van der Waals surface area contributed by atoms with E-state index in [-0.39, 0.29) is 12.5 Å². The summed E-state index contributed by atoms with van der Waals surface area (Å²) in [6.07, 6.45) is 8.18. The first-order valence-electron chi connectivity index (χ1n) is 5.28. The lowest BCUT2D eigenvalue weighted by Crippen LogP contribution is -2.00. The van der Waals surface area contributed by atoms with Crippen molar-refractivity contribution in [2.45, 2.75) is 6.61 Å². The maximum Gasteiger partial charge on any atom is 0.240 e. The molecular formula is C13H9N3O3. The Morgan fingerprint density at radius 1 is 1.47 bits per heavy atom. The lowest BCUT2D eigenvalue weighted by Gasteiger charge is -2.07. The van der Waals surface area contributed by atoms with Crippen LogP contribution in [0.4, 0.5) is 5.69 Å². The van der Waals surface area contributed by atoms with Gasteiger partial charge in [-0.3, -0.25) is 0 Å². The summed E-state index contributed by atoms with van der Waals surface area (Å²) in [5.74, 6) is 2.72. The van der Waals surface area contributed by atoms with Gasteiger partial charge < -0.3 is 9.94 Å². The van der Waals surface area contributed by atoms with Crippen LogP contribution in [0.5, 0.6) is 5.88 Å². The summed E-state index contributed by atoms with van der Waals surface area (Å²) in [6, 6.07) is 6.53. The molecule has 0 saturated heterocycles. The minimum absolute atomic E-state index is 0.0812. The highest BCUT2D eigenvalue weighted by atomic mass is 16.5. The zero-order chi connectivity index (χ0) is 13.7. The summed E-state index contributed by atoms with van der Waals surface area (Å²) in [6.45, 7) is 0.0812. The van der Waals surface area contributed by atoms with Gasteiger partial charge in [0, 0.05) is 17.2 Å². The summed E-state index contributed by atoms with van der Waals surface area (Å²) in [5, 5.41) is 12.7. The van der Waals surface area contributed by atoms with Crippen LogP contribution in [-0.2, 0) is 11.4 Å². The van der Waals surface area contributed by atoms with Crippen molar-refractivity contribution in [2.75, 3.05) is 0 Å². The van der Waals surface area contributed by atoms with E-state index in [1.165, 1.54) is 18.3 Å². The van der Waals surface area contributed by atoms with Gasteiger partial charge >= 0.3 is 0 Å². The Labute approximate surface area is 108 Å². The first-order chi connectivity index (χ1) is 9.24. The fraction of sp³-hybridized carbons (Fsp3) is 0.0769. The van der Waals surface area contributed by atoms with Crippen molar-refractivity contribution in [3.05, 3.63) is 41.6 Å². The lowest BCUT2D eigenvalue weighted by atomic mass is 10.1. The number of isocyanates is 1. The Bertz CT molecular complexity index is 679. The molecule has 94 valence electrons. The maximum atomic E-state index is 10.4. The highest BCUT2D eigenvalue weighted by Crippen LogP contribution is 2.23. The quantitative estimate of drug-likeness (QED) is 0.390. The first kappa shape index (κ1) is 12.4. The normalized spacial score (nSPS) is 9.42. The third kappa shape index (κ3) is 2.80. The second-order valence-corrected chi connectivity index (χ2v) is 3.51. The van der Waals surface area contributed by atoms with Crippen LogP contribution in [0.25, 0.3) is 0 Å². The van der Waals surface area contributed by atoms with Gasteiger partial charge in [-0.05, 0) is 12.1 Å². The summed E-state index contributed by atoms with van der Waals surface area (Å²) in [7, 11) is 0. The molecule has 1 aromatic heterocycles. The molecule has 2 aromatic rings. The van der Waals surface area contributed by atoms with Crippen LogP contribution < -0.4 is 4.74 Å². The molecule has 0 aliphatic carbocycles. The first-order valence-corrected chi connectivity index (χ1v) is 5.28. The molecule has 0 aliphatic heterocycles. The second kappa shape index (κ2) is 5.54. The number of nitrogens with zero attached hydrogens (tertiary/aromatic N) is 3. The number of rotatable bonds is 4. The molecule has 0 spiro atoms. The van der Waals surface area contributed by atoms with E-state index in [0.717, 1.165) is 0 Å². The van der Waals surface area contributed by atoms with E-state index >= 15 is 0 Å². The van der Waals surface area contributed by atoms with Crippen molar-refractivity contribution in [1.82, 2.24) is 9.94 Å². The van der Waals surface area contributed by atoms with Gasteiger partial charge in [-0.15, -0.1) is 11.3 Å². The van der Waals surface area contributed by atoms with Crippen molar-refractivity contribution >= 4 is 11.8 Å². The zero-order valence-corrected chi connectivity index (χ0v) is 9.78. The minimum atomic E-state index is 0.0812. The van der Waals surface area contributed by atoms with Crippen LogP contribution in [0.15, 0.2) is 35.5 Å². The predicted octanol–water partition coefficient (Wildman–Crippen LogP) is 1.65. The van der Waals surface area contributed by atoms with Crippen LogP contribution in [0.3, 0.4) is 0 Å². The second-order valence-electron chi connectivity index (χ2n) is 3.51. The Balaban J connectivity index is 2.27. The number of hydrogen-bond donors (Lipinski definition) is 1. The Morgan fingerprint density at radius 3 is 2.95 bits per heavy atom. The Hall–Kier alpha value is -3.03. The van der Waals surface area contributed by atoms with E-state index < -0.39 is 0 Å². The molecule has 0 radical (unpaired) electrons. The number of benzene rings is 1. The number of aromatic nitrogens is 2. The van der Waals surface area contributed by atoms with Gasteiger partial charge in [0.1, 0.15) is 6.61 Å². The van der Waals surface area contributed by atoms with Crippen molar-refractivity contribution in [3.8, 4) is 18.2 Å². The average molecular weight is 255 g/mol. The van der Waals surface area contributed by atoms with Gasteiger partial charge in [-0.1, -0.05) is 17.1 Å². The monoisotopic (exact) mass is 255 g/mol. The molecule has 6 nitrogen and oxygen atoms in total. The van der Waals surface area contributed by atoms with Gasteiger partial charge in [-0.2, -0.15) is 4.99 Å². The van der Waals surface area contributed by atoms with Gasteiger partial charge in [0.25, 0.3) is 0 Å². The van der Waals surface area contributed by atoms with Crippen molar-refractivity contribution in [1.29, 1.82) is 0 Å². The van der Waals surface area contributed by atoms with E-state index in [4.69, 9.17) is 16.4 Å². The molecule has 1 N–H and O–H groups in total. The van der Waals surface area contributed by atoms with Crippen molar-refractivity contribution in [2.24, 2.45) is 4.99 Å². The molecule has 6 heteroatoms. The molecule has 0 aliphatic rings. The molecule has 19 heavy (non-hydrogen) atoms. The standard InChI is InChI=1S/C13H9N3O3/c1-2-10-4-3-5-12(14-9-17)11(10)8-19-13-6-7-16(18)15-13/h1,3-7,18H,8H2. The molecule has 0 atom stereocenters.